The van der Waals surface area contributed by atoms with Gasteiger partial charge >= 0.3 is 0 Å². The first-order chi connectivity index (χ1) is 10.3. The molecule has 0 bridgehead atoms. The van der Waals surface area contributed by atoms with Gasteiger partial charge in [-0.25, -0.2) is 0 Å². The fourth-order valence-electron chi connectivity index (χ4n) is 2.25. The standard InChI is InChI=1S/C18H23ClOSi/c1-2-3-9-18(19)21-17-12-10-16(11-13-17)20-14-15-7-5-4-6-8-15/h4-8,10-13,18H,2-3,9,14,21H2,1H3. The normalized spacial score (nSPS) is 12.7. The number of ether oxygens (including phenoxy) is 1. The minimum Gasteiger partial charge on any atom is -0.489 e. The summed E-state index contributed by atoms with van der Waals surface area (Å²) in [4.78, 5) is 0. The van der Waals surface area contributed by atoms with Crippen LogP contribution in [0.3, 0.4) is 0 Å². The summed E-state index contributed by atoms with van der Waals surface area (Å²) in [6, 6.07) is 18.7. The second-order valence-corrected chi connectivity index (χ2v) is 8.71. The molecule has 0 saturated carbocycles. The minimum atomic E-state index is -0.378. The molecule has 1 nitrogen and oxygen atoms in total. The van der Waals surface area contributed by atoms with Crippen molar-refractivity contribution >= 4 is 26.3 Å². The second kappa shape index (κ2) is 8.91. The molecule has 0 aromatic heterocycles. The molecule has 2 rings (SSSR count). The van der Waals surface area contributed by atoms with E-state index in [2.05, 4.69) is 43.3 Å². The van der Waals surface area contributed by atoms with Gasteiger partial charge in [0.1, 0.15) is 12.4 Å². The Morgan fingerprint density at radius 1 is 1.05 bits per heavy atom. The third-order valence-electron chi connectivity index (χ3n) is 3.50. The van der Waals surface area contributed by atoms with Crippen LogP contribution in [0.5, 0.6) is 5.75 Å². The number of halogens is 1. The van der Waals surface area contributed by atoms with Crippen molar-refractivity contribution in [3.63, 3.8) is 0 Å². The molecular formula is C18H23ClOSi. The summed E-state index contributed by atoms with van der Waals surface area (Å²) in [5, 5.41) is 1.79. The molecule has 1 atom stereocenters. The summed E-state index contributed by atoms with van der Waals surface area (Å²) < 4.78 is 5.80. The van der Waals surface area contributed by atoms with Gasteiger partial charge in [0.25, 0.3) is 0 Å². The molecule has 0 heterocycles. The fourth-order valence-corrected chi connectivity index (χ4v) is 4.45. The highest BCUT2D eigenvalue weighted by molar-refractivity contribution is 6.64. The number of unbranched alkanes of at least 4 members (excludes halogenated alkanes) is 1. The third kappa shape index (κ3) is 5.94. The first kappa shape index (κ1) is 16.1. The number of hydrogen-bond donors (Lipinski definition) is 0. The van der Waals surface area contributed by atoms with Crippen LogP contribution >= 0.6 is 11.6 Å². The van der Waals surface area contributed by atoms with Crippen LogP contribution in [0.1, 0.15) is 31.7 Å². The largest absolute Gasteiger partial charge is 0.489 e. The van der Waals surface area contributed by atoms with Crippen molar-refractivity contribution in [2.45, 2.75) is 37.8 Å². The Balaban J connectivity index is 1.81. The van der Waals surface area contributed by atoms with Gasteiger partial charge in [0.2, 0.25) is 0 Å². The van der Waals surface area contributed by atoms with E-state index in [-0.39, 0.29) is 9.52 Å². The molecule has 0 saturated heterocycles. The van der Waals surface area contributed by atoms with Crippen molar-refractivity contribution in [1.82, 2.24) is 0 Å². The van der Waals surface area contributed by atoms with E-state index in [0.717, 1.165) is 12.2 Å². The van der Waals surface area contributed by atoms with Crippen LogP contribution in [-0.4, -0.2) is 14.5 Å². The SMILES string of the molecule is CCCCC(Cl)[SiH2]c1ccc(OCc2ccccc2)cc1. The Hall–Kier alpha value is -1.25. The van der Waals surface area contributed by atoms with Crippen molar-refractivity contribution in [2.75, 3.05) is 0 Å². The van der Waals surface area contributed by atoms with E-state index in [0.29, 0.717) is 11.6 Å². The van der Waals surface area contributed by atoms with Crippen LogP contribution in [0.15, 0.2) is 54.6 Å². The summed E-state index contributed by atoms with van der Waals surface area (Å²) in [5.74, 6) is 0.927. The molecule has 0 amide bonds. The van der Waals surface area contributed by atoms with E-state index < -0.39 is 0 Å². The topological polar surface area (TPSA) is 9.23 Å². The van der Waals surface area contributed by atoms with E-state index in [1.54, 1.807) is 0 Å². The summed E-state index contributed by atoms with van der Waals surface area (Å²) in [7, 11) is -0.378. The molecule has 0 N–H and O–H groups in total. The quantitative estimate of drug-likeness (QED) is 0.531. The zero-order valence-corrected chi connectivity index (χ0v) is 14.8. The molecule has 3 heteroatoms. The van der Waals surface area contributed by atoms with Crippen LogP contribution in [-0.2, 0) is 6.61 Å². The molecule has 112 valence electrons. The van der Waals surface area contributed by atoms with Gasteiger partial charge in [-0.1, -0.05) is 67.4 Å². The molecule has 0 aliphatic heterocycles. The molecule has 2 aromatic carbocycles. The monoisotopic (exact) mass is 318 g/mol. The van der Waals surface area contributed by atoms with Crippen LogP contribution in [0.25, 0.3) is 0 Å². The number of benzene rings is 2. The predicted molar refractivity (Wildman–Crippen MR) is 94.6 cm³/mol. The van der Waals surface area contributed by atoms with E-state index in [1.165, 1.54) is 23.6 Å². The number of alkyl halides is 1. The van der Waals surface area contributed by atoms with Crippen molar-refractivity contribution in [3.8, 4) is 5.75 Å². The predicted octanol–water partition coefficient (Wildman–Crippen LogP) is 3.81. The maximum atomic E-state index is 6.41. The lowest BCUT2D eigenvalue weighted by Crippen LogP contribution is -2.23. The van der Waals surface area contributed by atoms with Crippen molar-refractivity contribution in [2.24, 2.45) is 0 Å². The zero-order valence-electron chi connectivity index (χ0n) is 12.6. The van der Waals surface area contributed by atoms with Gasteiger partial charge in [-0.3, -0.25) is 0 Å². The third-order valence-corrected chi connectivity index (χ3v) is 5.97. The summed E-state index contributed by atoms with van der Waals surface area (Å²) in [6.45, 7) is 2.83. The summed E-state index contributed by atoms with van der Waals surface area (Å²) in [6.07, 6.45) is 3.61. The molecule has 0 fully saturated rings. The molecule has 0 radical (unpaired) electrons. The first-order valence-electron chi connectivity index (χ1n) is 7.67. The molecular weight excluding hydrogens is 296 g/mol. The first-order valence-corrected chi connectivity index (χ1v) is 9.63. The molecule has 0 aliphatic carbocycles. The Morgan fingerprint density at radius 3 is 2.43 bits per heavy atom. The van der Waals surface area contributed by atoms with Crippen molar-refractivity contribution in [3.05, 3.63) is 60.2 Å². The highest BCUT2D eigenvalue weighted by atomic mass is 35.5. The minimum absolute atomic E-state index is 0.376. The number of hydrogen-bond acceptors (Lipinski definition) is 1. The molecule has 21 heavy (non-hydrogen) atoms. The van der Waals surface area contributed by atoms with Gasteiger partial charge in [0, 0.05) is 5.00 Å². The van der Waals surface area contributed by atoms with Gasteiger partial charge in [-0.15, -0.1) is 11.6 Å². The molecule has 1 unspecified atom stereocenters. The van der Waals surface area contributed by atoms with Crippen molar-refractivity contribution < 1.29 is 4.74 Å². The van der Waals surface area contributed by atoms with Crippen LogP contribution in [0, 0.1) is 0 Å². The van der Waals surface area contributed by atoms with E-state index in [9.17, 15) is 0 Å². The second-order valence-electron chi connectivity index (χ2n) is 5.36. The van der Waals surface area contributed by atoms with Gasteiger partial charge in [-0.2, -0.15) is 0 Å². The molecule has 0 aliphatic rings. The maximum absolute atomic E-state index is 6.41. The summed E-state index contributed by atoms with van der Waals surface area (Å²) >= 11 is 6.41. The number of rotatable bonds is 8. The summed E-state index contributed by atoms with van der Waals surface area (Å²) in [5.41, 5.74) is 1.19. The van der Waals surface area contributed by atoms with E-state index in [1.807, 2.05) is 18.2 Å². The lowest BCUT2D eigenvalue weighted by molar-refractivity contribution is 0.306. The highest BCUT2D eigenvalue weighted by Gasteiger charge is 2.06. The lowest BCUT2D eigenvalue weighted by Gasteiger charge is -2.10. The Bertz CT molecular complexity index is 513. The maximum Gasteiger partial charge on any atom is 0.119 e. The van der Waals surface area contributed by atoms with E-state index in [4.69, 9.17) is 16.3 Å². The Labute approximate surface area is 135 Å². The lowest BCUT2D eigenvalue weighted by atomic mass is 10.2. The van der Waals surface area contributed by atoms with E-state index >= 15 is 0 Å². The average molecular weight is 319 g/mol. The van der Waals surface area contributed by atoms with Crippen LogP contribution in [0.2, 0.25) is 0 Å². The highest BCUT2D eigenvalue weighted by Crippen LogP contribution is 2.12. The van der Waals surface area contributed by atoms with Gasteiger partial charge < -0.3 is 4.74 Å². The van der Waals surface area contributed by atoms with Gasteiger partial charge in [0.05, 0.1) is 9.52 Å². The van der Waals surface area contributed by atoms with Gasteiger partial charge in [-0.05, 0) is 24.1 Å². The fraction of sp³-hybridized carbons (Fsp3) is 0.333. The van der Waals surface area contributed by atoms with Crippen LogP contribution in [0.4, 0.5) is 0 Å². The Morgan fingerprint density at radius 2 is 1.76 bits per heavy atom. The van der Waals surface area contributed by atoms with Crippen molar-refractivity contribution in [1.29, 1.82) is 0 Å². The smallest absolute Gasteiger partial charge is 0.119 e. The average Bonchev–Trinajstić information content (AvgIpc) is 2.53. The zero-order chi connectivity index (χ0) is 14.9. The van der Waals surface area contributed by atoms with Gasteiger partial charge in [0.15, 0.2) is 0 Å². The Kier molecular flexibility index (Phi) is 6.84. The molecule has 0 spiro atoms. The molecule has 2 aromatic rings. The van der Waals surface area contributed by atoms with Crippen LogP contribution < -0.4 is 9.92 Å².